The van der Waals surface area contributed by atoms with Crippen LogP contribution in [0.25, 0.3) is 0 Å². The zero-order valence-corrected chi connectivity index (χ0v) is 9.65. The Bertz CT molecular complexity index is 287. The Kier molecular flexibility index (Phi) is 5.86. The van der Waals surface area contributed by atoms with Crippen LogP contribution in [0.2, 0.25) is 0 Å². The minimum absolute atomic E-state index is 0.0571. The average Bonchev–Trinajstić information content (AvgIpc) is 2.28. The van der Waals surface area contributed by atoms with Crippen molar-refractivity contribution in [1.29, 1.82) is 0 Å². The topological polar surface area (TPSA) is 22.1 Å². The maximum Gasteiger partial charge on any atom is 0.137 e. The van der Waals surface area contributed by atoms with Gasteiger partial charge in [-0.1, -0.05) is 19.1 Å². The molecule has 0 fully saturated rings. The van der Waals surface area contributed by atoms with Gasteiger partial charge in [0.2, 0.25) is 0 Å². The Morgan fingerprint density at radius 2 is 2.47 bits per heavy atom. The average molecular weight is 226 g/mol. The molecule has 2 nitrogen and oxygen atoms in total. The van der Waals surface area contributed by atoms with Crippen molar-refractivity contribution < 1.29 is 4.74 Å². The van der Waals surface area contributed by atoms with Gasteiger partial charge in [0.05, 0.1) is 18.2 Å². The molecule has 0 aliphatic carbocycles. The lowest BCUT2D eigenvalue weighted by atomic mass is 10.3. The van der Waals surface area contributed by atoms with Crippen molar-refractivity contribution in [3.63, 3.8) is 0 Å². The second kappa shape index (κ2) is 7.30. The maximum atomic E-state index is 6.04. The number of hydrogen-bond acceptors (Lipinski definition) is 2. The van der Waals surface area contributed by atoms with Crippen LogP contribution >= 0.6 is 11.6 Å². The Balaban J connectivity index is 2.19. The van der Waals surface area contributed by atoms with Crippen LogP contribution in [0.1, 0.15) is 19.8 Å². The minimum Gasteiger partial charge on any atom is -0.492 e. The van der Waals surface area contributed by atoms with E-state index in [1.165, 1.54) is 0 Å². The third-order valence-corrected chi connectivity index (χ3v) is 2.24. The fourth-order valence-corrected chi connectivity index (χ4v) is 1.29. The van der Waals surface area contributed by atoms with Gasteiger partial charge < -0.3 is 4.74 Å². The summed E-state index contributed by atoms with van der Waals surface area (Å²) in [5.74, 6) is 0.792. The maximum absolute atomic E-state index is 6.04. The van der Waals surface area contributed by atoms with Crippen molar-refractivity contribution in [1.82, 2.24) is 4.98 Å². The van der Waals surface area contributed by atoms with E-state index in [9.17, 15) is 0 Å². The van der Waals surface area contributed by atoms with E-state index >= 15 is 0 Å². The van der Waals surface area contributed by atoms with Gasteiger partial charge in [-0.25, -0.2) is 0 Å². The number of rotatable bonds is 6. The van der Waals surface area contributed by atoms with E-state index in [4.69, 9.17) is 16.3 Å². The summed E-state index contributed by atoms with van der Waals surface area (Å²) in [4.78, 5) is 3.96. The van der Waals surface area contributed by atoms with E-state index in [1.54, 1.807) is 12.4 Å². The van der Waals surface area contributed by atoms with Gasteiger partial charge >= 0.3 is 0 Å². The molecule has 0 aliphatic heterocycles. The van der Waals surface area contributed by atoms with Crippen molar-refractivity contribution in [2.45, 2.75) is 25.1 Å². The highest BCUT2D eigenvalue weighted by atomic mass is 35.5. The van der Waals surface area contributed by atoms with E-state index in [0.717, 1.165) is 18.6 Å². The van der Waals surface area contributed by atoms with Crippen LogP contribution in [-0.2, 0) is 0 Å². The minimum atomic E-state index is 0.0571. The van der Waals surface area contributed by atoms with E-state index < -0.39 is 0 Å². The number of aromatic nitrogens is 1. The summed E-state index contributed by atoms with van der Waals surface area (Å²) in [6.45, 7) is 2.71. The molecule has 0 bridgehead atoms. The van der Waals surface area contributed by atoms with Crippen molar-refractivity contribution in [2.24, 2.45) is 0 Å². The molecule has 0 radical (unpaired) electrons. The highest BCUT2D eigenvalue weighted by Crippen LogP contribution is 2.09. The first-order chi connectivity index (χ1) is 7.33. The van der Waals surface area contributed by atoms with Crippen molar-refractivity contribution in [2.75, 3.05) is 6.61 Å². The predicted molar refractivity (Wildman–Crippen MR) is 63.4 cm³/mol. The Hall–Kier alpha value is -1.02. The molecule has 0 saturated carbocycles. The smallest absolute Gasteiger partial charge is 0.137 e. The van der Waals surface area contributed by atoms with Crippen molar-refractivity contribution in [3.05, 3.63) is 36.7 Å². The predicted octanol–water partition coefficient (Wildman–Crippen LogP) is 3.42. The van der Waals surface area contributed by atoms with Crippen LogP contribution in [0, 0.1) is 0 Å². The van der Waals surface area contributed by atoms with Crippen LogP contribution in [-0.4, -0.2) is 17.0 Å². The molecule has 0 aromatic carbocycles. The van der Waals surface area contributed by atoms with Crippen LogP contribution < -0.4 is 4.74 Å². The van der Waals surface area contributed by atoms with Crippen LogP contribution in [0.15, 0.2) is 36.7 Å². The van der Waals surface area contributed by atoms with Gasteiger partial charge in [0.15, 0.2) is 0 Å². The number of nitrogens with zero attached hydrogens (tertiary/aromatic N) is 1. The number of pyridine rings is 1. The molecule has 0 saturated heterocycles. The normalized spacial score (nSPS) is 12.9. The highest BCUT2D eigenvalue weighted by molar-refractivity contribution is 6.21. The number of alkyl halides is 1. The number of hydrogen-bond donors (Lipinski definition) is 0. The standard InChI is InChI=1S/C12H16ClNO/c1-2-3-5-11(13)7-9-15-12-6-4-8-14-10-12/h3-6,8,10-11H,2,7,9H2,1H3/b5-3-. The Morgan fingerprint density at radius 3 is 3.13 bits per heavy atom. The molecule has 1 heterocycles. The van der Waals surface area contributed by atoms with E-state index in [-0.39, 0.29) is 5.38 Å². The van der Waals surface area contributed by atoms with E-state index in [0.29, 0.717) is 6.61 Å². The molecule has 1 rings (SSSR count). The molecule has 1 aromatic rings. The molecule has 0 N–H and O–H groups in total. The lowest BCUT2D eigenvalue weighted by Crippen LogP contribution is -2.04. The molecule has 82 valence electrons. The first-order valence-corrected chi connectivity index (χ1v) is 5.60. The molecule has 0 amide bonds. The molecule has 1 atom stereocenters. The summed E-state index contributed by atoms with van der Waals surface area (Å²) < 4.78 is 5.48. The van der Waals surface area contributed by atoms with Gasteiger partial charge in [0.1, 0.15) is 5.75 Å². The first kappa shape index (κ1) is 12.1. The SMILES string of the molecule is CC/C=C\C(Cl)CCOc1cccnc1. The van der Waals surface area contributed by atoms with Gasteiger partial charge in [-0.2, -0.15) is 0 Å². The summed E-state index contributed by atoms with van der Waals surface area (Å²) in [6.07, 6.45) is 9.34. The lowest BCUT2D eigenvalue weighted by molar-refractivity contribution is 0.312. The molecule has 15 heavy (non-hydrogen) atoms. The molecule has 0 spiro atoms. The monoisotopic (exact) mass is 225 g/mol. The van der Waals surface area contributed by atoms with Crippen molar-refractivity contribution in [3.8, 4) is 5.75 Å². The van der Waals surface area contributed by atoms with Gasteiger partial charge in [0, 0.05) is 12.6 Å². The summed E-state index contributed by atoms with van der Waals surface area (Å²) in [6, 6.07) is 3.74. The molecule has 1 aromatic heterocycles. The third-order valence-electron chi connectivity index (χ3n) is 1.88. The molecule has 3 heteroatoms. The molecular weight excluding hydrogens is 210 g/mol. The number of allylic oxidation sites excluding steroid dienone is 2. The van der Waals surface area contributed by atoms with E-state index in [2.05, 4.69) is 18.0 Å². The quantitative estimate of drug-likeness (QED) is 0.547. The number of ether oxygens (including phenoxy) is 1. The third kappa shape index (κ3) is 5.43. The van der Waals surface area contributed by atoms with Gasteiger partial charge in [-0.05, 0) is 18.6 Å². The fraction of sp³-hybridized carbons (Fsp3) is 0.417. The molecule has 0 aliphatic rings. The zero-order valence-electron chi connectivity index (χ0n) is 8.90. The second-order valence-corrected chi connectivity index (χ2v) is 3.74. The summed E-state index contributed by atoms with van der Waals surface area (Å²) in [7, 11) is 0. The van der Waals surface area contributed by atoms with Gasteiger partial charge in [-0.3, -0.25) is 4.98 Å². The lowest BCUT2D eigenvalue weighted by Gasteiger charge is -2.06. The number of halogens is 1. The largest absolute Gasteiger partial charge is 0.492 e. The highest BCUT2D eigenvalue weighted by Gasteiger charge is 1.99. The first-order valence-electron chi connectivity index (χ1n) is 5.16. The summed E-state index contributed by atoms with van der Waals surface area (Å²) >= 11 is 6.04. The molecule has 1 unspecified atom stereocenters. The van der Waals surface area contributed by atoms with Crippen LogP contribution in [0.3, 0.4) is 0 Å². The Morgan fingerprint density at radius 1 is 1.60 bits per heavy atom. The van der Waals surface area contributed by atoms with Crippen molar-refractivity contribution >= 4 is 11.6 Å². The second-order valence-electron chi connectivity index (χ2n) is 3.18. The van der Waals surface area contributed by atoms with Crippen LogP contribution in [0.5, 0.6) is 5.75 Å². The van der Waals surface area contributed by atoms with Crippen LogP contribution in [0.4, 0.5) is 0 Å². The Labute approximate surface area is 95.9 Å². The molecular formula is C12H16ClNO. The summed E-state index contributed by atoms with van der Waals surface area (Å²) in [5, 5.41) is 0.0571. The zero-order chi connectivity index (χ0) is 10.9. The summed E-state index contributed by atoms with van der Waals surface area (Å²) in [5.41, 5.74) is 0. The van der Waals surface area contributed by atoms with E-state index in [1.807, 2.05) is 18.2 Å². The fourth-order valence-electron chi connectivity index (χ4n) is 1.10. The van der Waals surface area contributed by atoms with Gasteiger partial charge in [-0.15, -0.1) is 11.6 Å². The van der Waals surface area contributed by atoms with Gasteiger partial charge in [0.25, 0.3) is 0 Å².